The molecule has 1 unspecified atom stereocenters. The number of hydrogen-bond donors (Lipinski definition) is 0. The number of allylic oxidation sites excluding steroid dienone is 4. The van der Waals surface area contributed by atoms with Crippen molar-refractivity contribution in [1.29, 1.82) is 0 Å². The summed E-state index contributed by atoms with van der Waals surface area (Å²) in [7, 11) is 4.40. The van der Waals surface area contributed by atoms with E-state index in [4.69, 9.17) is 4.74 Å². The van der Waals surface area contributed by atoms with Crippen molar-refractivity contribution in [2.24, 2.45) is 0 Å². The molecule has 0 saturated heterocycles. The van der Waals surface area contributed by atoms with E-state index in [9.17, 15) is 0 Å². The third-order valence-corrected chi connectivity index (χ3v) is 6.42. The fourth-order valence-electron chi connectivity index (χ4n) is 4.06. The maximum absolute atomic E-state index is 6.02. The van der Waals surface area contributed by atoms with Crippen LogP contribution in [0.25, 0.3) is 0 Å². The molecule has 0 aliphatic carbocycles. The molecule has 0 aromatic heterocycles. The highest BCUT2D eigenvalue weighted by molar-refractivity contribution is 4.92. The summed E-state index contributed by atoms with van der Waals surface area (Å²) in [6, 6.07) is 0.589. The van der Waals surface area contributed by atoms with Gasteiger partial charge in [-0.3, -0.25) is 0 Å². The molecule has 2 nitrogen and oxygen atoms in total. The number of unbranched alkanes of at least 4 members (excludes halogenated alkanes) is 14. The van der Waals surface area contributed by atoms with Crippen LogP contribution in [0.4, 0.5) is 0 Å². The minimum atomic E-state index is 0.589. The normalized spacial score (nSPS) is 13.2. The van der Waals surface area contributed by atoms with Crippen LogP contribution in [0.15, 0.2) is 24.3 Å². The van der Waals surface area contributed by atoms with Gasteiger partial charge in [0.1, 0.15) is 0 Å². The Morgan fingerprint density at radius 1 is 0.594 bits per heavy atom. The lowest BCUT2D eigenvalue weighted by molar-refractivity contribution is 0.0721. The van der Waals surface area contributed by atoms with E-state index in [1.54, 1.807) is 0 Å². The molecular weight excluding hydrogens is 390 g/mol. The van der Waals surface area contributed by atoms with Crippen LogP contribution in [0.5, 0.6) is 0 Å². The van der Waals surface area contributed by atoms with Gasteiger partial charge in [0.2, 0.25) is 0 Å². The zero-order valence-corrected chi connectivity index (χ0v) is 22.6. The highest BCUT2D eigenvalue weighted by Crippen LogP contribution is 2.12. The minimum Gasteiger partial charge on any atom is -0.380 e. The maximum atomic E-state index is 6.02. The van der Waals surface area contributed by atoms with Gasteiger partial charge < -0.3 is 9.64 Å². The van der Waals surface area contributed by atoms with E-state index in [-0.39, 0.29) is 0 Å². The van der Waals surface area contributed by atoms with Crippen molar-refractivity contribution < 1.29 is 4.74 Å². The first-order valence-electron chi connectivity index (χ1n) is 14.3. The second kappa shape index (κ2) is 26.7. The first kappa shape index (κ1) is 31.4. The molecule has 2 heteroatoms. The van der Waals surface area contributed by atoms with Gasteiger partial charge in [0.25, 0.3) is 0 Å². The number of ether oxygens (including phenoxy) is 1. The second-order valence-corrected chi connectivity index (χ2v) is 9.83. The van der Waals surface area contributed by atoms with Gasteiger partial charge in [0.15, 0.2) is 0 Å². The summed E-state index contributed by atoms with van der Waals surface area (Å²) < 4.78 is 6.02. The zero-order chi connectivity index (χ0) is 23.5. The molecule has 0 saturated carbocycles. The van der Waals surface area contributed by atoms with E-state index in [2.05, 4.69) is 57.1 Å². The molecule has 0 N–H and O–H groups in total. The lowest BCUT2D eigenvalue weighted by Crippen LogP contribution is -2.32. The lowest BCUT2D eigenvalue weighted by Gasteiger charge is -2.24. The zero-order valence-electron chi connectivity index (χ0n) is 22.6. The van der Waals surface area contributed by atoms with E-state index >= 15 is 0 Å². The molecular formula is C30H59NO. The number of hydrogen-bond acceptors (Lipinski definition) is 2. The second-order valence-electron chi connectivity index (χ2n) is 9.83. The van der Waals surface area contributed by atoms with Crippen LogP contribution in [0.3, 0.4) is 0 Å². The molecule has 0 rings (SSSR count). The largest absolute Gasteiger partial charge is 0.380 e. The molecule has 0 aliphatic heterocycles. The van der Waals surface area contributed by atoms with Gasteiger partial charge in [-0.1, -0.05) is 115 Å². The first-order chi connectivity index (χ1) is 15.7. The molecule has 1 atom stereocenters. The summed E-state index contributed by atoms with van der Waals surface area (Å²) in [4.78, 5) is 2.35. The standard InChI is InChI=1S/C30H59NO/c1-5-7-9-11-13-14-15-16-17-18-19-20-21-22-24-26-28-32-29-30(31(3)4)27-25-23-12-10-8-6-2/h13-14,16-17,30H,5-12,15,18-29H2,1-4H3. The van der Waals surface area contributed by atoms with E-state index in [0.29, 0.717) is 6.04 Å². The van der Waals surface area contributed by atoms with Crippen LogP contribution in [-0.2, 0) is 4.74 Å². The molecule has 0 aliphatic rings. The minimum absolute atomic E-state index is 0.589. The van der Waals surface area contributed by atoms with Crippen molar-refractivity contribution in [3.05, 3.63) is 24.3 Å². The average molecular weight is 450 g/mol. The van der Waals surface area contributed by atoms with Crippen molar-refractivity contribution in [3.63, 3.8) is 0 Å². The topological polar surface area (TPSA) is 12.5 Å². The molecule has 0 amide bonds. The third-order valence-electron chi connectivity index (χ3n) is 6.42. The predicted molar refractivity (Wildman–Crippen MR) is 146 cm³/mol. The Morgan fingerprint density at radius 2 is 1.09 bits per heavy atom. The van der Waals surface area contributed by atoms with Gasteiger partial charge in [-0.25, -0.2) is 0 Å². The maximum Gasteiger partial charge on any atom is 0.0621 e. The van der Waals surface area contributed by atoms with Gasteiger partial charge >= 0.3 is 0 Å². The SMILES string of the molecule is CCCCCC=CCC=CCCCCCCCCOCC(CCCCCCCC)N(C)C. The third kappa shape index (κ3) is 24.1. The van der Waals surface area contributed by atoms with E-state index < -0.39 is 0 Å². The van der Waals surface area contributed by atoms with E-state index in [1.165, 1.54) is 116 Å². The number of nitrogens with zero attached hydrogens (tertiary/aromatic N) is 1. The van der Waals surface area contributed by atoms with Crippen molar-refractivity contribution in [2.45, 2.75) is 142 Å². The van der Waals surface area contributed by atoms with Crippen molar-refractivity contribution in [2.75, 3.05) is 27.3 Å². The predicted octanol–water partition coefficient (Wildman–Crippen LogP) is 9.50. The molecule has 0 aromatic rings. The van der Waals surface area contributed by atoms with Gasteiger partial charge in [-0.15, -0.1) is 0 Å². The van der Waals surface area contributed by atoms with Crippen molar-refractivity contribution in [3.8, 4) is 0 Å². The van der Waals surface area contributed by atoms with Gasteiger partial charge in [0, 0.05) is 12.6 Å². The summed E-state index contributed by atoms with van der Waals surface area (Å²) in [5, 5.41) is 0. The molecule has 0 aromatic carbocycles. The fraction of sp³-hybridized carbons (Fsp3) is 0.867. The molecule has 0 bridgehead atoms. The smallest absolute Gasteiger partial charge is 0.0621 e. The molecule has 0 fully saturated rings. The van der Waals surface area contributed by atoms with Crippen LogP contribution in [0, 0.1) is 0 Å². The molecule has 0 spiro atoms. The number of rotatable bonds is 25. The van der Waals surface area contributed by atoms with Crippen molar-refractivity contribution in [1.82, 2.24) is 4.90 Å². The Labute approximate surface area is 203 Å². The monoisotopic (exact) mass is 449 g/mol. The Morgan fingerprint density at radius 3 is 1.72 bits per heavy atom. The van der Waals surface area contributed by atoms with Gasteiger partial charge in [-0.2, -0.15) is 0 Å². The summed E-state index contributed by atoms with van der Waals surface area (Å²) in [5.74, 6) is 0. The summed E-state index contributed by atoms with van der Waals surface area (Å²) >= 11 is 0. The Hall–Kier alpha value is -0.600. The molecule has 190 valence electrons. The lowest BCUT2D eigenvalue weighted by atomic mass is 10.1. The van der Waals surface area contributed by atoms with Crippen LogP contribution in [0.1, 0.15) is 136 Å². The van der Waals surface area contributed by atoms with E-state index in [0.717, 1.165) is 19.6 Å². The first-order valence-corrected chi connectivity index (χ1v) is 14.3. The number of likely N-dealkylation sites (N-methyl/N-ethyl adjacent to an activating group) is 1. The summed E-state index contributed by atoms with van der Waals surface area (Å²) in [5.41, 5.74) is 0. The highest BCUT2D eigenvalue weighted by atomic mass is 16.5. The fourth-order valence-corrected chi connectivity index (χ4v) is 4.06. The molecule has 32 heavy (non-hydrogen) atoms. The Kier molecular flexibility index (Phi) is 26.2. The molecule has 0 heterocycles. The van der Waals surface area contributed by atoms with Gasteiger partial charge in [0.05, 0.1) is 6.61 Å². The Bertz CT molecular complexity index is 402. The average Bonchev–Trinajstić information content (AvgIpc) is 2.78. The van der Waals surface area contributed by atoms with E-state index in [1.807, 2.05) is 0 Å². The quantitative estimate of drug-likeness (QED) is 0.102. The van der Waals surface area contributed by atoms with Crippen molar-refractivity contribution >= 4 is 0 Å². The summed E-state index contributed by atoms with van der Waals surface area (Å²) in [6.07, 6.45) is 34.6. The molecule has 0 radical (unpaired) electrons. The van der Waals surface area contributed by atoms with Crippen LogP contribution in [0.2, 0.25) is 0 Å². The van der Waals surface area contributed by atoms with Crippen LogP contribution in [-0.4, -0.2) is 38.3 Å². The Balaban J connectivity index is 3.42. The highest BCUT2D eigenvalue weighted by Gasteiger charge is 2.11. The van der Waals surface area contributed by atoms with Crippen LogP contribution < -0.4 is 0 Å². The van der Waals surface area contributed by atoms with Crippen LogP contribution >= 0.6 is 0 Å². The van der Waals surface area contributed by atoms with Gasteiger partial charge in [-0.05, 0) is 59.0 Å². The summed E-state index contributed by atoms with van der Waals surface area (Å²) in [6.45, 7) is 6.40.